The Morgan fingerprint density at radius 2 is 1.77 bits per heavy atom. The molecule has 2 aromatic carbocycles. The topological polar surface area (TPSA) is 75.7 Å². The van der Waals surface area contributed by atoms with E-state index in [1.165, 1.54) is 10.4 Å². The van der Waals surface area contributed by atoms with Gasteiger partial charge in [-0.2, -0.15) is 4.31 Å². The highest BCUT2D eigenvalue weighted by Gasteiger charge is 2.28. The van der Waals surface area contributed by atoms with E-state index in [2.05, 4.69) is 5.32 Å². The zero-order valence-electron chi connectivity index (χ0n) is 17.8. The maximum absolute atomic E-state index is 13.1. The molecule has 1 amide bonds. The van der Waals surface area contributed by atoms with Crippen LogP contribution in [0, 0.1) is 6.92 Å². The predicted molar refractivity (Wildman–Crippen MR) is 117 cm³/mol. The van der Waals surface area contributed by atoms with Crippen LogP contribution in [-0.2, 0) is 10.0 Å². The van der Waals surface area contributed by atoms with Crippen LogP contribution < -0.4 is 10.1 Å². The number of nitrogens with one attached hydrogen (secondary N) is 1. The molecule has 1 atom stereocenters. The lowest BCUT2D eigenvalue weighted by atomic mass is 10.0. The molecule has 1 saturated heterocycles. The Hall–Kier alpha value is -2.38. The van der Waals surface area contributed by atoms with Crippen molar-refractivity contribution in [3.05, 3.63) is 59.2 Å². The highest BCUT2D eigenvalue weighted by atomic mass is 32.2. The van der Waals surface area contributed by atoms with Gasteiger partial charge in [-0.05, 0) is 61.6 Å². The second kappa shape index (κ2) is 9.62. The van der Waals surface area contributed by atoms with E-state index in [4.69, 9.17) is 4.74 Å². The molecule has 7 heteroatoms. The normalized spacial score (nSPS) is 16.1. The molecular weight excluding hydrogens is 400 g/mol. The van der Waals surface area contributed by atoms with Crippen molar-refractivity contribution in [1.29, 1.82) is 0 Å². The molecule has 1 heterocycles. The van der Waals surface area contributed by atoms with Crippen LogP contribution >= 0.6 is 0 Å². The summed E-state index contributed by atoms with van der Waals surface area (Å²) in [6.45, 7) is 4.84. The predicted octanol–water partition coefficient (Wildman–Crippen LogP) is 4.06. The number of benzene rings is 2. The summed E-state index contributed by atoms with van der Waals surface area (Å²) < 4.78 is 33.0. The SMILES string of the molecule is CC[C@H](NC(=O)c1ccc(C)c(S(=O)(=O)N2CCCCC2)c1)c1ccc(OC)cc1. The molecule has 1 aliphatic heterocycles. The van der Waals surface area contributed by atoms with Crippen molar-refractivity contribution < 1.29 is 17.9 Å². The maximum atomic E-state index is 13.1. The van der Waals surface area contributed by atoms with Crippen LogP contribution in [0.15, 0.2) is 47.4 Å². The quantitative estimate of drug-likeness (QED) is 0.719. The molecule has 6 nitrogen and oxygen atoms in total. The van der Waals surface area contributed by atoms with Gasteiger partial charge in [0.25, 0.3) is 5.91 Å². The van der Waals surface area contributed by atoms with Crippen LogP contribution in [0.1, 0.15) is 60.1 Å². The number of aryl methyl sites for hydroxylation is 1. The van der Waals surface area contributed by atoms with Crippen LogP contribution in [0.3, 0.4) is 0 Å². The molecule has 30 heavy (non-hydrogen) atoms. The van der Waals surface area contributed by atoms with Crippen molar-refractivity contribution >= 4 is 15.9 Å². The van der Waals surface area contributed by atoms with E-state index in [1.807, 2.05) is 31.2 Å². The summed E-state index contributed by atoms with van der Waals surface area (Å²) in [5.74, 6) is 0.471. The van der Waals surface area contributed by atoms with E-state index >= 15 is 0 Å². The summed E-state index contributed by atoms with van der Waals surface area (Å²) in [7, 11) is -1.99. The molecule has 0 aromatic heterocycles. The molecule has 0 spiro atoms. The van der Waals surface area contributed by atoms with E-state index < -0.39 is 10.0 Å². The minimum Gasteiger partial charge on any atom is -0.497 e. The number of carbonyl (C=O) groups is 1. The van der Waals surface area contributed by atoms with Gasteiger partial charge in [0.15, 0.2) is 0 Å². The van der Waals surface area contributed by atoms with Gasteiger partial charge < -0.3 is 10.1 Å². The molecule has 0 aliphatic carbocycles. The van der Waals surface area contributed by atoms with E-state index in [0.717, 1.165) is 30.6 Å². The van der Waals surface area contributed by atoms with Gasteiger partial charge in [0, 0.05) is 18.7 Å². The first-order chi connectivity index (χ1) is 14.4. The third kappa shape index (κ3) is 4.84. The molecule has 0 bridgehead atoms. The number of nitrogens with zero attached hydrogens (tertiary/aromatic N) is 1. The van der Waals surface area contributed by atoms with Crippen LogP contribution in [0.4, 0.5) is 0 Å². The Kier molecular flexibility index (Phi) is 7.15. The number of sulfonamides is 1. The first-order valence-electron chi connectivity index (χ1n) is 10.4. The molecule has 0 saturated carbocycles. The maximum Gasteiger partial charge on any atom is 0.251 e. The minimum absolute atomic E-state index is 0.174. The van der Waals surface area contributed by atoms with Crippen LogP contribution in [0.2, 0.25) is 0 Å². The summed E-state index contributed by atoms with van der Waals surface area (Å²) in [5, 5.41) is 3.03. The molecule has 1 N–H and O–H groups in total. The van der Waals surface area contributed by atoms with Gasteiger partial charge in [0.1, 0.15) is 5.75 Å². The number of rotatable bonds is 7. The average molecular weight is 431 g/mol. The molecule has 3 rings (SSSR count). The van der Waals surface area contributed by atoms with Gasteiger partial charge in [-0.15, -0.1) is 0 Å². The van der Waals surface area contributed by atoms with Crippen LogP contribution in [-0.4, -0.2) is 38.8 Å². The zero-order chi connectivity index (χ0) is 21.7. The van der Waals surface area contributed by atoms with E-state index in [9.17, 15) is 13.2 Å². The lowest BCUT2D eigenvalue weighted by Gasteiger charge is -2.26. The smallest absolute Gasteiger partial charge is 0.251 e. The molecule has 162 valence electrons. The molecule has 0 radical (unpaired) electrons. The van der Waals surface area contributed by atoms with Gasteiger partial charge in [-0.3, -0.25) is 4.79 Å². The first-order valence-corrected chi connectivity index (χ1v) is 11.9. The molecule has 0 unspecified atom stereocenters. The molecular formula is C23H30N2O4S. The van der Waals surface area contributed by atoms with E-state index in [-0.39, 0.29) is 16.8 Å². The number of carbonyl (C=O) groups excluding carboxylic acids is 1. The Labute approximate surface area is 179 Å². The van der Waals surface area contributed by atoms with Crippen molar-refractivity contribution in [3.63, 3.8) is 0 Å². The fourth-order valence-corrected chi connectivity index (χ4v) is 5.53. The largest absolute Gasteiger partial charge is 0.497 e. The number of hydrogen-bond donors (Lipinski definition) is 1. The lowest BCUT2D eigenvalue weighted by Crippen LogP contribution is -2.36. The van der Waals surface area contributed by atoms with Crippen LogP contribution in [0.5, 0.6) is 5.75 Å². The molecule has 2 aromatic rings. The minimum atomic E-state index is -3.60. The first kappa shape index (κ1) is 22.3. The van der Waals surface area contributed by atoms with Gasteiger partial charge in [-0.1, -0.05) is 31.5 Å². The Morgan fingerprint density at radius 3 is 2.37 bits per heavy atom. The zero-order valence-corrected chi connectivity index (χ0v) is 18.7. The third-order valence-electron chi connectivity index (χ3n) is 5.61. The summed E-state index contributed by atoms with van der Waals surface area (Å²) in [6, 6.07) is 12.3. The average Bonchev–Trinajstić information content (AvgIpc) is 2.78. The van der Waals surface area contributed by atoms with Crippen molar-refractivity contribution in [1.82, 2.24) is 9.62 Å². The number of ether oxygens (including phenoxy) is 1. The third-order valence-corrected chi connectivity index (χ3v) is 7.66. The van der Waals surface area contributed by atoms with E-state index in [0.29, 0.717) is 30.6 Å². The molecule has 1 aliphatic rings. The molecule has 1 fully saturated rings. The Morgan fingerprint density at radius 1 is 1.10 bits per heavy atom. The van der Waals surface area contributed by atoms with Crippen molar-refractivity contribution in [2.45, 2.75) is 50.5 Å². The Bertz CT molecular complexity index is 981. The fourth-order valence-electron chi connectivity index (χ4n) is 3.76. The van der Waals surface area contributed by atoms with E-state index in [1.54, 1.807) is 26.2 Å². The summed E-state index contributed by atoms with van der Waals surface area (Å²) in [4.78, 5) is 13.2. The van der Waals surface area contributed by atoms with Crippen molar-refractivity contribution in [2.24, 2.45) is 0 Å². The lowest BCUT2D eigenvalue weighted by molar-refractivity contribution is 0.0935. The monoisotopic (exact) mass is 430 g/mol. The summed E-state index contributed by atoms with van der Waals surface area (Å²) >= 11 is 0. The van der Waals surface area contributed by atoms with Gasteiger partial charge in [0.05, 0.1) is 18.0 Å². The standard InChI is InChI=1S/C23H30N2O4S/c1-4-21(18-10-12-20(29-3)13-11-18)24-23(26)19-9-8-17(2)22(16-19)30(27,28)25-14-6-5-7-15-25/h8-13,16,21H,4-7,14-15H2,1-3H3,(H,24,26)/t21-/m0/s1. The number of methoxy groups -OCH3 is 1. The van der Waals surface area contributed by atoms with Crippen LogP contribution in [0.25, 0.3) is 0 Å². The number of piperidine rings is 1. The Balaban J connectivity index is 1.82. The highest BCUT2D eigenvalue weighted by molar-refractivity contribution is 7.89. The van der Waals surface area contributed by atoms with Crippen molar-refractivity contribution in [2.75, 3.05) is 20.2 Å². The van der Waals surface area contributed by atoms with Gasteiger partial charge >= 0.3 is 0 Å². The van der Waals surface area contributed by atoms with Gasteiger partial charge in [-0.25, -0.2) is 8.42 Å². The second-order valence-corrected chi connectivity index (χ2v) is 9.56. The summed E-state index contributed by atoms with van der Waals surface area (Å²) in [6.07, 6.45) is 3.51. The summed E-state index contributed by atoms with van der Waals surface area (Å²) in [5.41, 5.74) is 1.97. The highest BCUT2D eigenvalue weighted by Crippen LogP contribution is 2.25. The number of amides is 1. The van der Waals surface area contributed by atoms with Crippen molar-refractivity contribution in [3.8, 4) is 5.75 Å². The van der Waals surface area contributed by atoms with Gasteiger partial charge in [0.2, 0.25) is 10.0 Å². The fraction of sp³-hybridized carbons (Fsp3) is 0.435. The second-order valence-electron chi connectivity index (χ2n) is 7.65. The number of hydrogen-bond acceptors (Lipinski definition) is 4.